The third-order valence-corrected chi connectivity index (χ3v) is 6.20. The van der Waals surface area contributed by atoms with Gasteiger partial charge in [0, 0.05) is 16.1 Å². The summed E-state index contributed by atoms with van der Waals surface area (Å²) in [6.45, 7) is 4.04. The van der Waals surface area contributed by atoms with E-state index >= 15 is 0 Å². The van der Waals surface area contributed by atoms with Gasteiger partial charge in [-0.25, -0.2) is 18.2 Å². The molecule has 30 heavy (non-hydrogen) atoms. The number of para-hydroxylation sites is 1. The molecule has 0 aliphatic heterocycles. The number of nitrogens with two attached hydrogens (primary N) is 1. The fourth-order valence-electron chi connectivity index (χ4n) is 3.60. The molecule has 0 atom stereocenters. The standard InChI is InChI=1S/C23H20ClN3O2S/c1-15-6-5-7-16(2)23(15)21-14-19(17-10-12-18(24)13-11-17)26-27(21)20-8-3-4-9-22(20)30(25,28)29/h3-14H,1-2H3,(H2,25,28,29). The van der Waals surface area contributed by atoms with Crippen LogP contribution in [0.4, 0.5) is 0 Å². The number of primary sulfonamides is 1. The van der Waals surface area contributed by atoms with E-state index in [0.29, 0.717) is 16.4 Å². The van der Waals surface area contributed by atoms with Gasteiger partial charge in [-0.2, -0.15) is 5.10 Å². The predicted octanol–water partition coefficient (Wildman–Crippen LogP) is 5.12. The maximum atomic E-state index is 12.2. The lowest BCUT2D eigenvalue weighted by molar-refractivity contribution is 0.596. The van der Waals surface area contributed by atoms with Crippen molar-refractivity contribution in [3.8, 4) is 28.2 Å². The zero-order valence-electron chi connectivity index (χ0n) is 16.5. The van der Waals surface area contributed by atoms with E-state index in [4.69, 9.17) is 21.8 Å². The summed E-state index contributed by atoms with van der Waals surface area (Å²) in [4.78, 5) is 0.0169. The largest absolute Gasteiger partial charge is 0.240 e. The van der Waals surface area contributed by atoms with Crippen LogP contribution < -0.4 is 5.14 Å². The van der Waals surface area contributed by atoms with Crippen LogP contribution in [-0.2, 0) is 10.0 Å². The van der Waals surface area contributed by atoms with Crippen molar-refractivity contribution in [1.82, 2.24) is 9.78 Å². The molecular weight excluding hydrogens is 418 g/mol. The Bertz CT molecular complexity index is 1320. The maximum absolute atomic E-state index is 12.2. The Morgan fingerprint density at radius 1 is 0.900 bits per heavy atom. The maximum Gasteiger partial charge on any atom is 0.240 e. The Morgan fingerprint density at radius 3 is 2.17 bits per heavy atom. The first-order valence-electron chi connectivity index (χ1n) is 9.30. The molecule has 0 radical (unpaired) electrons. The number of sulfonamides is 1. The van der Waals surface area contributed by atoms with Gasteiger partial charge < -0.3 is 0 Å². The summed E-state index contributed by atoms with van der Waals surface area (Å²) >= 11 is 6.03. The number of rotatable bonds is 4. The molecule has 0 fully saturated rings. The van der Waals surface area contributed by atoms with E-state index in [0.717, 1.165) is 27.9 Å². The third-order valence-electron chi connectivity index (χ3n) is 4.99. The Balaban J connectivity index is 2.05. The zero-order chi connectivity index (χ0) is 21.5. The SMILES string of the molecule is Cc1cccc(C)c1-c1cc(-c2ccc(Cl)cc2)nn1-c1ccccc1S(N)(=O)=O. The van der Waals surface area contributed by atoms with Crippen LogP contribution in [0, 0.1) is 13.8 Å². The van der Waals surface area contributed by atoms with E-state index in [1.54, 1.807) is 35.0 Å². The molecular formula is C23H20ClN3O2S. The van der Waals surface area contributed by atoms with Gasteiger partial charge in [-0.15, -0.1) is 0 Å². The quantitative estimate of drug-likeness (QED) is 0.481. The van der Waals surface area contributed by atoms with Gasteiger partial charge in [0.15, 0.2) is 0 Å². The van der Waals surface area contributed by atoms with Crippen LogP contribution in [-0.4, -0.2) is 18.2 Å². The molecule has 0 amide bonds. The first kappa shape index (κ1) is 20.3. The van der Waals surface area contributed by atoms with Gasteiger partial charge in [0.05, 0.1) is 17.1 Å². The van der Waals surface area contributed by atoms with Crippen molar-refractivity contribution in [2.45, 2.75) is 18.7 Å². The van der Waals surface area contributed by atoms with Crippen LogP contribution in [0.15, 0.2) is 77.7 Å². The highest BCUT2D eigenvalue weighted by Crippen LogP contribution is 2.34. The Kier molecular flexibility index (Phi) is 5.24. The Labute approximate surface area is 180 Å². The van der Waals surface area contributed by atoms with E-state index in [1.807, 2.05) is 50.2 Å². The molecule has 5 nitrogen and oxygen atoms in total. The highest BCUT2D eigenvalue weighted by Gasteiger charge is 2.21. The number of halogens is 1. The van der Waals surface area contributed by atoms with Crippen molar-refractivity contribution in [2.75, 3.05) is 0 Å². The highest BCUT2D eigenvalue weighted by atomic mass is 35.5. The summed E-state index contributed by atoms with van der Waals surface area (Å²) in [5.41, 5.74) is 5.88. The van der Waals surface area contributed by atoms with Crippen LogP contribution in [0.25, 0.3) is 28.2 Å². The van der Waals surface area contributed by atoms with Crippen LogP contribution in [0.1, 0.15) is 11.1 Å². The minimum Gasteiger partial charge on any atom is -0.231 e. The molecule has 152 valence electrons. The molecule has 0 saturated carbocycles. The Morgan fingerprint density at radius 2 is 1.53 bits per heavy atom. The molecule has 4 aromatic rings. The van der Waals surface area contributed by atoms with Crippen molar-refractivity contribution < 1.29 is 8.42 Å². The summed E-state index contributed by atoms with van der Waals surface area (Å²) in [7, 11) is -3.94. The van der Waals surface area contributed by atoms with Gasteiger partial charge in [-0.3, -0.25) is 0 Å². The minimum absolute atomic E-state index is 0.0169. The molecule has 0 aliphatic rings. The smallest absolute Gasteiger partial charge is 0.231 e. The summed E-state index contributed by atoms with van der Waals surface area (Å²) < 4.78 is 26.1. The van der Waals surface area contributed by atoms with Crippen molar-refractivity contribution in [3.05, 3.63) is 88.9 Å². The molecule has 1 heterocycles. The number of benzene rings is 3. The molecule has 3 aromatic carbocycles. The van der Waals surface area contributed by atoms with Gasteiger partial charge in [-0.05, 0) is 55.3 Å². The number of nitrogens with zero attached hydrogens (tertiary/aromatic N) is 2. The van der Waals surface area contributed by atoms with E-state index in [-0.39, 0.29) is 4.90 Å². The monoisotopic (exact) mass is 437 g/mol. The van der Waals surface area contributed by atoms with Gasteiger partial charge in [0.1, 0.15) is 4.90 Å². The lowest BCUT2D eigenvalue weighted by Gasteiger charge is -2.14. The minimum atomic E-state index is -3.94. The molecule has 1 aromatic heterocycles. The fraction of sp³-hybridized carbons (Fsp3) is 0.0870. The van der Waals surface area contributed by atoms with Gasteiger partial charge in [0.25, 0.3) is 0 Å². The zero-order valence-corrected chi connectivity index (χ0v) is 18.1. The van der Waals surface area contributed by atoms with E-state index < -0.39 is 10.0 Å². The van der Waals surface area contributed by atoms with E-state index in [1.165, 1.54) is 6.07 Å². The Hall–Kier alpha value is -2.93. The molecule has 2 N–H and O–H groups in total. The van der Waals surface area contributed by atoms with Crippen molar-refractivity contribution in [2.24, 2.45) is 5.14 Å². The van der Waals surface area contributed by atoms with Gasteiger partial charge >= 0.3 is 0 Å². The summed E-state index contributed by atoms with van der Waals surface area (Å²) in [6.07, 6.45) is 0. The van der Waals surface area contributed by atoms with E-state index in [2.05, 4.69) is 0 Å². The summed E-state index contributed by atoms with van der Waals surface area (Å²) in [5, 5.41) is 10.9. The molecule has 7 heteroatoms. The third kappa shape index (κ3) is 3.77. The second-order valence-electron chi connectivity index (χ2n) is 7.11. The van der Waals surface area contributed by atoms with Crippen molar-refractivity contribution in [3.63, 3.8) is 0 Å². The average molecular weight is 438 g/mol. The highest BCUT2D eigenvalue weighted by molar-refractivity contribution is 7.89. The first-order chi connectivity index (χ1) is 14.3. The molecule has 0 bridgehead atoms. The molecule has 0 unspecified atom stereocenters. The summed E-state index contributed by atoms with van der Waals surface area (Å²) in [5.74, 6) is 0. The second-order valence-corrected chi connectivity index (χ2v) is 9.08. The number of hydrogen-bond acceptors (Lipinski definition) is 3. The number of aromatic nitrogens is 2. The molecule has 0 spiro atoms. The lowest BCUT2D eigenvalue weighted by Crippen LogP contribution is -2.16. The van der Waals surface area contributed by atoms with Crippen LogP contribution in [0.3, 0.4) is 0 Å². The van der Waals surface area contributed by atoms with Crippen LogP contribution in [0.5, 0.6) is 0 Å². The fourth-order valence-corrected chi connectivity index (χ4v) is 4.44. The average Bonchev–Trinajstić information content (AvgIpc) is 3.12. The normalized spacial score (nSPS) is 11.6. The van der Waals surface area contributed by atoms with E-state index in [9.17, 15) is 8.42 Å². The van der Waals surface area contributed by atoms with Crippen LogP contribution in [0.2, 0.25) is 5.02 Å². The number of hydrogen-bond donors (Lipinski definition) is 1. The molecule has 4 rings (SSSR count). The summed E-state index contributed by atoms with van der Waals surface area (Å²) in [6, 6.07) is 22.0. The predicted molar refractivity (Wildman–Crippen MR) is 120 cm³/mol. The van der Waals surface area contributed by atoms with Crippen molar-refractivity contribution >= 4 is 21.6 Å². The van der Waals surface area contributed by atoms with Crippen molar-refractivity contribution in [1.29, 1.82) is 0 Å². The number of aryl methyl sites for hydroxylation is 2. The molecule has 0 saturated heterocycles. The van der Waals surface area contributed by atoms with Gasteiger partial charge in [-0.1, -0.05) is 54.1 Å². The van der Waals surface area contributed by atoms with Gasteiger partial charge in [0.2, 0.25) is 10.0 Å². The topological polar surface area (TPSA) is 78.0 Å². The lowest BCUT2D eigenvalue weighted by atomic mass is 9.99. The second kappa shape index (κ2) is 7.72. The molecule has 0 aliphatic carbocycles. The van der Waals surface area contributed by atoms with Crippen LogP contribution >= 0.6 is 11.6 Å². The first-order valence-corrected chi connectivity index (χ1v) is 11.2.